The molecule has 92 valence electrons. The van der Waals surface area contributed by atoms with E-state index in [4.69, 9.17) is 5.73 Å². The minimum atomic E-state index is 0.418. The number of nitrogens with two attached hydrogens (primary N) is 1. The smallest absolute Gasteiger partial charge is 0.0403 e. The minimum Gasteiger partial charge on any atom is -0.366 e. The molecule has 3 rings (SSSR count). The van der Waals surface area contributed by atoms with Crippen LogP contribution in [0.3, 0.4) is 0 Å². The van der Waals surface area contributed by atoms with Crippen molar-refractivity contribution in [3.63, 3.8) is 0 Å². The Bertz CT molecular complexity index is 402. The topological polar surface area (TPSA) is 29.3 Å². The molecular formula is C15H22N2. The van der Waals surface area contributed by atoms with Crippen LogP contribution in [-0.4, -0.2) is 18.1 Å². The van der Waals surface area contributed by atoms with Gasteiger partial charge in [0.05, 0.1) is 0 Å². The molecule has 2 nitrogen and oxygen atoms in total. The lowest BCUT2D eigenvalue weighted by atomic mass is 9.94. The van der Waals surface area contributed by atoms with Gasteiger partial charge in [-0.05, 0) is 50.7 Å². The first-order valence-electron chi connectivity index (χ1n) is 6.87. The first kappa shape index (κ1) is 11.1. The van der Waals surface area contributed by atoms with Gasteiger partial charge in [-0.3, -0.25) is 0 Å². The molecule has 0 bridgehead atoms. The molecule has 2 N–H and O–H groups in total. The van der Waals surface area contributed by atoms with Crippen LogP contribution in [0, 0.1) is 0 Å². The molecule has 1 aliphatic heterocycles. The van der Waals surface area contributed by atoms with E-state index in [1.165, 1.54) is 43.4 Å². The Hall–Kier alpha value is -1.02. The van der Waals surface area contributed by atoms with Crippen LogP contribution in [0.1, 0.15) is 38.2 Å². The monoisotopic (exact) mass is 230 g/mol. The van der Waals surface area contributed by atoms with Gasteiger partial charge in [0, 0.05) is 23.8 Å². The van der Waals surface area contributed by atoms with Crippen LogP contribution in [0.2, 0.25) is 0 Å². The molecule has 1 aliphatic carbocycles. The van der Waals surface area contributed by atoms with Gasteiger partial charge < -0.3 is 10.6 Å². The summed E-state index contributed by atoms with van der Waals surface area (Å²) in [5.41, 5.74) is 9.05. The molecule has 3 unspecified atom stereocenters. The van der Waals surface area contributed by atoms with Crippen molar-refractivity contribution in [2.75, 3.05) is 4.90 Å². The molecule has 17 heavy (non-hydrogen) atoms. The molecule has 0 spiro atoms. The van der Waals surface area contributed by atoms with Crippen molar-refractivity contribution in [2.45, 2.75) is 57.2 Å². The Morgan fingerprint density at radius 1 is 1.18 bits per heavy atom. The van der Waals surface area contributed by atoms with Crippen LogP contribution in [0.15, 0.2) is 24.3 Å². The summed E-state index contributed by atoms with van der Waals surface area (Å²) >= 11 is 0. The summed E-state index contributed by atoms with van der Waals surface area (Å²) in [5, 5.41) is 0. The average Bonchev–Trinajstić information content (AvgIpc) is 2.75. The maximum absolute atomic E-state index is 6.07. The predicted octanol–water partition coefficient (Wildman–Crippen LogP) is 2.71. The normalized spacial score (nSPS) is 32.6. The Balaban J connectivity index is 1.92. The van der Waals surface area contributed by atoms with Crippen molar-refractivity contribution in [1.29, 1.82) is 0 Å². The first-order chi connectivity index (χ1) is 8.25. The summed E-state index contributed by atoms with van der Waals surface area (Å²) < 4.78 is 0. The van der Waals surface area contributed by atoms with Gasteiger partial charge in [-0.15, -0.1) is 0 Å². The van der Waals surface area contributed by atoms with E-state index >= 15 is 0 Å². The highest BCUT2D eigenvalue weighted by Gasteiger charge is 2.33. The number of benzene rings is 1. The number of aryl methyl sites for hydroxylation is 1. The largest absolute Gasteiger partial charge is 0.366 e. The summed E-state index contributed by atoms with van der Waals surface area (Å²) in [6.07, 6.45) is 6.13. The molecule has 0 saturated heterocycles. The van der Waals surface area contributed by atoms with E-state index in [0.717, 1.165) is 0 Å². The number of para-hydroxylation sites is 1. The highest BCUT2D eigenvalue weighted by Crippen LogP contribution is 2.36. The fourth-order valence-electron chi connectivity index (χ4n) is 3.52. The van der Waals surface area contributed by atoms with Gasteiger partial charge in [0.15, 0.2) is 0 Å². The predicted molar refractivity (Wildman–Crippen MR) is 72.3 cm³/mol. The van der Waals surface area contributed by atoms with E-state index in [1.807, 2.05) is 0 Å². The summed E-state index contributed by atoms with van der Waals surface area (Å²) in [6.45, 7) is 2.36. The number of fused-ring (bicyclic) bond motifs is 1. The molecule has 1 heterocycles. The molecule has 0 radical (unpaired) electrons. The van der Waals surface area contributed by atoms with E-state index < -0.39 is 0 Å². The molecule has 1 aromatic rings. The highest BCUT2D eigenvalue weighted by atomic mass is 15.2. The van der Waals surface area contributed by atoms with Crippen molar-refractivity contribution in [2.24, 2.45) is 5.73 Å². The summed E-state index contributed by atoms with van der Waals surface area (Å²) in [5.74, 6) is 0. The quantitative estimate of drug-likeness (QED) is 0.803. The van der Waals surface area contributed by atoms with Crippen molar-refractivity contribution in [3.8, 4) is 0 Å². The van der Waals surface area contributed by atoms with Gasteiger partial charge in [0.25, 0.3) is 0 Å². The third-order valence-corrected chi connectivity index (χ3v) is 4.42. The van der Waals surface area contributed by atoms with Crippen molar-refractivity contribution in [1.82, 2.24) is 0 Å². The van der Waals surface area contributed by atoms with E-state index in [0.29, 0.717) is 18.1 Å². The van der Waals surface area contributed by atoms with Gasteiger partial charge in [-0.25, -0.2) is 0 Å². The third kappa shape index (κ3) is 1.95. The van der Waals surface area contributed by atoms with Gasteiger partial charge >= 0.3 is 0 Å². The first-order valence-corrected chi connectivity index (χ1v) is 6.87. The second kappa shape index (κ2) is 4.34. The summed E-state index contributed by atoms with van der Waals surface area (Å²) in [6, 6.07) is 10.6. The molecule has 1 fully saturated rings. The number of anilines is 1. The Morgan fingerprint density at radius 3 is 2.76 bits per heavy atom. The van der Waals surface area contributed by atoms with Crippen molar-refractivity contribution in [3.05, 3.63) is 29.8 Å². The van der Waals surface area contributed by atoms with E-state index in [9.17, 15) is 0 Å². The maximum Gasteiger partial charge on any atom is 0.0403 e. The zero-order valence-corrected chi connectivity index (χ0v) is 10.6. The molecule has 2 aliphatic rings. The van der Waals surface area contributed by atoms with Crippen molar-refractivity contribution < 1.29 is 0 Å². The number of rotatable bonds is 1. The van der Waals surface area contributed by atoms with Crippen LogP contribution in [0.5, 0.6) is 0 Å². The van der Waals surface area contributed by atoms with Gasteiger partial charge in [-0.1, -0.05) is 18.2 Å². The number of hydrogen-bond acceptors (Lipinski definition) is 2. The Morgan fingerprint density at radius 2 is 2.00 bits per heavy atom. The molecule has 1 aromatic carbocycles. The number of nitrogens with zero attached hydrogens (tertiary/aromatic N) is 1. The van der Waals surface area contributed by atoms with Crippen molar-refractivity contribution >= 4 is 5.69 Å². The molecule has 3 atom stereocenters. The van der Waals surface area contributed by atoms with Gasteiger partial charge in [-0.2, -0.15) is 0 Å². The zero-order valence-electron chi connectivity index (χ0n) is 10.6. The molecule has 2 heteroatoms. The van der Waals surface area contributed by atoms with Gasteiger partial charge in [0.2, 0.25) is 0 Å². The Labute approximate surface area is 104 Å². The van der Waals surface area contributed by atoms with Crippen LogP contribution < -0.4 is 10.6 Å². The third-order valence-electron chi connectivity index (χ3n) is 4.42. The fraction of sp³-hybridized carbons (Fsp3) is 0.600. The lowest BCUT2D eigenvalue weighted by molar-refractivity contribution is 0.484. The summed E-state index contributed by atoms with van der Waals surface area (Å²) in [7, 11) is 0. The Kier molecular flexibility index (Phi) is 2.83. The van der Waals surface area contributed by atoms with E-state index in [-0.39, 0.29) is 0 Å². The van der Waals surface area contributed by atoms with Crippen LogP contribution in [0.25, 0.3) is 0 Å². The molecule has 0 aromatic heterocycles. The zero-order chi connectivity index (χ0) is 11.8. The van der Waals surface area contributed by atoms with Crippen LogP contribution in [0.4, 0.5) is 5.69 Å². The maximum atomic E-state index is 6.07. The molecular weight excluding hydrogens is 208 g/mol. The standard InChI is InChI=1S/C15H22N2/c1-11-6-7-12-4-2-3-5-15(12)17(11)14-9-8-13(16)10-14/h2-5,11,13-14H,6-10,16H2,1H3. The molecule has 0 amide bonds. The van der Waals surface area contributed by atoms with Crippen LogP contribution in [-0.2, 0) is 6.42 Å². The second-order valence-corrected chi connectivity index (χ2v) is 5.65. The minimum absolute atomic E-state index is 0.418. The van der Waals surface area contributed by atoms with Gasteiger partial charge in [0.1, 0.15) is 0 Å². The fourth-order valence-corrected chi connectivity index (χ4v) is 3.52. The van der Waals surface area contributed by atoms with Crippen LogP contribution >= 0.6 is 0 Å². The lowest BCUT2D eigenvalue weighted by Crippen LogP contribution is -2.44. The summed E-state index contributed by atoms with van der Waals surface area (Å²) in [4.78, 5) is 2.64. The SMILES string of the molecule is CC1CCc2ccccc2N1C1CCC(N)C1. The average molecular weight is 230 g/mol. The number of hydrogen-bond donors (Lipinski definition) is 1. The highest BCUT2D eigenvalue weighted by molar-refractivity contribution is 5.57. The van der Waals surface area contributed by atoms with E-state index in [2.05, 4.69) is 36.1 Å². The lowest BCUT2D eigenvalue weighted by Gasteiger charge is -2.41. The molecule has 1 saturated carbocycles. The second-order valence-electron chi connectivity index (χ2n) is 5.65. The van der Waals surface area contributed by atoms with E-state index in [1.54, 1.807) is 0 Å².